The molecule has 28 heavy (non-hydrogen) atoms. The smallest absolute Gasteiger partial charge is 0.251 e. The average Bonchev–Trinajstić information content (AvgIpc) is 3.18. The lowest BCUT2D eigenvalue weighted by atomic mass is 9.75. The van der Waals surface area contributed by atoms with Gasteiger partial charge in [-0.15, -0.1) is 0 Å². The van der Waals surface area contributed by atoms with Gasteiger partial charge in [-0.2, -0.15) is 0 Å². The van der Waals surface area contributed by atoms with E-state index in [1.165, 1.54) is 31.5 Å². The van der Waals surface area contributed by atoms with Crippen LogP contribution in [0, 0.1) is 5.92 Å². The van der Waals surface area contributed by atoms with Crippen LogP contribution < -0.4 is 10.2 Å². The van der Waals surface area contributed by atoms with Gasteiger partial charge in [0.15, 0.2) is 0 Å². The van der Waals surface area contributed by atoms with Gasteiger partial charge in [0.25, 0.3) is 5.91 Å². The Morgan fingerprint density at radius 3 is 2.68 bits per heavy atom. The first-order chi connectivity index (χ1) is 13.8. The van der Waals surface area contributed by atoms with Gasteiger partial charge in [0.05, 0.1) is 0 Å². The van der Waals surface area contributed by atoms with E-state index in [1.807, 2.05) is 19.1 Å². The van der Waals surface area contributed by atoms with E-state index < -0.39 is 0 Å². The fourth-order valence-corrected chi connectivity index (χ4v) is 5.66. The van der Waals surface area contributed by atoms with Crippen LogP contribution in [0.3, 0.4) is 0 Å². The summed E-state index contributed by atoms with van der Waals surface area (Å²) in [5.41, 5.74) is 2.13. The van der Waals surface area contributed by atoms with Gasteiger partial charge >= 0.3 is 0 Å². The second-order valence-corrected chi connectivity index (χ2v) is 8.29. The predicted octanol–water partition coefficient (Wildman–Crippen LogP) is 2.90. The van der Waals surface area contributed by atoms with Gasteiger partial charge in [0.1, 0.15) is 5.82 Å². The van der Waals surface area contributed by atoms with Crippen molar-refractivity contribution in [1.82, 2.24) is 15.2 Å². The van der Waals surface area contributed by atoms with Crippen LogP contribution in [-0.2, 0) is 0 Å². The molecule has 1 amide bonds. The van der Waals surface area contributed by atoms with Gasteiger partial charge in [0.2, 0.25) is 0 Å². The summed E-state index contributed by atoms with van der Waals surface area (Å²) in [6.07, 6.45) is 4.33. The van der Waals surface area contributed by atoms with Gasteiger partial charge in [-0.3, -0.25) is 9.69 Å². The van der Waals surface area contributed by atoms with Crippen molar-refractivity contribution in [3.05, 3.63) is 59.8 Å². The molecule has 4 aliphatic heterocycles. The van der Waals surface area contributed by atoms with E-state index in [4.69, 9.17) is 4.98 Å². The highest BCUT2D eigenvalue weighted by Gasteiger charge is 2.53. The largest absolute Gasteiger partial charge is 0.352 e. The third-order valence-corrected chi connectivity index (χ3v) is 6.86. The Labute approximate surface area is 166 Å². The summed E-state index contributed by atoms with van der Waals surface area (Å²) in [4.78, 5) is 22.2. The minimum Gasteiger partial charge on any atom is -0.352 e. The lowest BCUT2D eigenvalue weighted by Crippen LogP contribution is -2.60. The molecule has 1 N–H and O–H groups in total. The second-order valence-electron chi connectivity index (χ2n) is 8.29. The molecule has 146 valence electrons. The number of aromatic nitrogens is 1. The molecule has 2 aromatic rings. The highest BCUT2D eigenvalue weighted by molar-refractivity contribution is 5.94. The van der Waals surface area contributed by atoms with Gasteiger partial charge < -0.3 is 10.2 Å². The fourth-order valence-electron chi connectivity index (χ4n) is 5.66. The number of nitrogens with one attached hydrogen (secondary N) is 1. The Bertz CT molecular complexity index is 847. The zero-order valence-corrected chi connectivity index (χ0v) is 16.4. The predicted molar refractivity (Wildman–Crippen MR) is 111 cm³/mol. The van der Waals surface area contributed by atoms with E-state index in [1.54, 1.807) is 6.20 Å². The van der Waals surface area contributed by atoms with E-state index in [0.29, 0.717) is 30.1 Å². The van der Waals surface area contributed by atoms with Crippen LogP contribution in [0.1, 0.15) is 41.6 Å². The molecule has 3 atom stereocenters. The van der Waals surface area contributed by atoms with Gasteiger partial charge in [-0.05, 0) is 56.5 Å². The van der Waals surface area contributed by atoms with Gasteiger partial charge in [-0.25, -0.2) is 4.98 Å². The summed E-state index contributed by atoms with van der Waals surface area (Å²) in [6.45, 7) is 5.99. The monoisotopic (exact) mass is 376 g/mol. The van der Waals surface area contributed by atoms with Crippen molar-refractivity contribution in [3.8, 4) is 0 Å². The molecule has 1 aromatic heterocycles. The van der Waals surface area contributed by atoms with Crippen molar-refractivity contribution >= 4 is 11.7 Å². The van der Waals surface area contributed by atoms with E-state index in [2.05, 4.69) is 45.4 Å². The lowest BCUT2D eigenvalue weighted by molar-refractivity contribution is 0.0354. The Morgan fingerprint density at radius 2 is 1.93 bits per heavy atom. The zero-order chi connectivity index (χ0) is 19.1. The topological polar surface area (TPSA) is 48.5 Å². The summed E-state index contributed by atoms with van der Waals surface area (Å²) in [5, 5.41) is 2.90. The van der Waals surface area contributed by atoms with Crippen LogP contribution in [-0.4, -0.2) is 54.1 Å². The van der Waals surface area contributed by atoms with Crippen molar-refractivity contribution in [2.45, 2.75) is 37.8 Å². The highest BCUT2D eigenvalue weighted by atomic mass is 16.1. The fraction of sp³-hybridized carbons (Fsp3) is 0.478. The second kappa shape index (κ2) is 7.21. The molecular formula is C23H28N4O. The number of hydrogen-bond acceptors (Lipinski definition) is 4. The van der Waals surface area contributed by atoms with E-state index >= 15 is 0 Å². The van der Waals surface area contributed by atoms with Crippen molar-refractivity contribution in [3.63, 3.8) is 0 Å². The highest BCUT2D eigenvalue weighted by Crippen LogP contribution is 2.47. The van der Waals surface area contributed by atoms with E-state index in [9.17, 15) is 4.79 Å². The normalized spacial score (nSPS) is 30.9. The molecule has 6 rings (SSSR count). The molecule has 5 heterocycles. The van der Waals surface area contributed by atoms with Crippen molar-refractivity contribution in [2.75, 3.05) is 31.1 Å². The third-order valence-electron chi connectivity index (χ3n) is 6.86. The Kier molecular flexibility index (Phi) is 4.55. The van der Waals surface area contributed by atoms with Gasteiger partial charge in [0, 0.05) is 42.9 Å². The molecule has 2 bridgehead atoms. The Balaban J connectivity index is 1.51. The van der Waals surface area contributed by atoms with Crippen LogP contribution in [0.25, 0.3) is 0 Å². The quantitative estimate of drug-likeness (QED) is 0.891. The molecule has 0 saturated carbocycles. The number of anilines is 1. The maximum atomic E-state index is 12.3. The first-order valence-corrected chi connectivity index (χ1v) is 10.6. The number of piperidine rings is 3. The van der Waals surface area contributed by atoms with Crippen LogP contribution >= 0.6 is 0 Å². The molecule has 5 heteroatoms. The summed E-state index contributed by atoms with van der Waals surface area (Å²) in [5.74, 6) is 2.14. The number of pyridine rings is 1. The van der Waals surface area contributed by atoms with Gasteiger partial charge in [-0.1, -0.05) is 30.3 Å². The number of rotatable bonds is 4. The molecule has 4 saturated heterocycles. The number of amides is 1. The molecule has 4 fully saturated rings. The summed E-state index contributed by atoms with van der Waals surface area (Å²) < 4.78 is 0. The maximum Gasteiger partial charge on any atom is 0.251 e. The average molecular weight is 377 g/mol. The number of hydrogen-bond donors (Lipinski definition) is 1. The molecule has 5 nitrogen and oxygen atoms in total. The molecule has 0 spiro atoms. The van der Waals surface area contributed by atoms with Crippen LogP contribution in [0.2, 0.25) is 0 Å². The SMILES string of the molecule is CCNC(=O)c1ccnc(N2C[C@H](c3ccccc3)[C@H]3[C@@H]2C2CCN3CC2)c1. The minimum atomic E-state index is -0.0181. The zero-order valence-electron chi connectivity index (χ0n) is 16.4. The van der Waals surface area contributed by atoms with Crippen LogP contribution in [0.4, 0.5) is 5.82 Å². The molecule has 0 unspecified atom stereocenters. The summed E-state index contributed by atoms with van der Waals surface area (Å²) in [6, 6.07) is 15.8. The lowest BCUT2D eigenvalue weighted by Gasteiger charge is -2.51. The maximum absolute atomic E-state index is 12.3. The standard InChI is InChI=1S/C23H28N4O/c1-2-24-23(28)18-8-11-25-20(14-18)27-15-19(16-6-4-3-5-7-16)22-21(27)17-9-12-26(22)13-10-17/h3-8,11,14,17,19,21-22H,2,9-10,12-13,15H2,1H3,(H,24,28)/t19-,21+,22+/m1/s1. The summed E-state index contributed by atoms with van der Waals surface area (Å²) in [7, 11) is 0. The number of carbonyl (C=O) groups excluding carboxylic acids is 1. The molecule has 0 radical (unpaired) electrons. The molecule has 0 aliphatic carbocycles. The molecular weight excluding hydrogens is 348 g/mol. The molecule has 4 aliphatic rings. The van der Waals surface area contributed by atoms with Crippen LogP contribution in [0.15, 0.2) is 48.7 Å². The van der Waals surface area contributed by atoms with Crippen molar-refractivity contribution < 1.29 is 4.79 Å². The van der Waals surface area contributed by atoms with Crippen LogP contribution in [0.5, 0.6) is 0 Å². The Hall–Kier alpha value is -2.40. The number of nitrogens with zero attached hydrogens (tertiary/aromatic N) is 3. The first kappa shape index (κ1) is 17.7. The van der Waals surface area contributed by atoms with Crippen molar-refractivity contribution in [2.24, 2.45) is 5.92 Å². The van der Waals surface area contributed by atoms with E-state index in [-0.39, 0.29) is 5.91 Å². The van der Waals surface area contributed by atoms with E-state index in [0.717, 1.165) is 18.3 Å². The molecule has 1 aromatic carbocycles. The number of benzene rings is 1. The summed E-state index contributed by atoms with van der Waals surface area (Å²) >= 11 is 0. The minimum absolute atomic E-state index is 0.0181. The third kappa shape index (κ3) is 2.89. The van der Waals surface area contributed by atoms with Crippen molar-refractivity contribution in [1.29, 1.82) is 0 Å². The number of carbonyl (C=O) groups is 1. The first-order valence-electron chi connectivity index (χ1n) is 10.6. The Morgan fingerprint density at radius 1 is 1.14 bits per heavy atom. The number of fused-ring (bicyclic) bond motifs is 2.